The van der Waals surface area contributed by atoms with Crippen LogP contribution >= 0.6 is 0 Å². The van der Waals surface area contributed by atoms with Crippen LogP contribution in [0.25, 0.3) is 16.7 Å². The van der Waals surface area contributed by atoms with Crippen LogP contribution < -0.4 is 5.32 Å². The maximum atomic E-state index is 13.1. The Morgan fingerprint density at radius 1 is 1.11 bits per heavy atom. The first-order valence-corrected chi connectivity index (χ1v) is 9.64. The molecule has 5 nitrogen and oxygen atoms in total. The summed E-state index contributed by atoms with van der Waals surface area (Å²) in [6, 6.07) is 21.3. The third-order valence-electron chi connectivity index (χ3n) is 5.18. The van der Waals surface area contributed by atoms with Crippen molar-refractivity contribution < 1.29 is 9.21 Å². The second kappa shape index (κ2) is 6.68. The van der Waals surface area contributed by atoms with Gasteiger partial charge in [0.25, 0.3) is 5.91 Å². The second-order valence-electron chi connectivity index (χ2n) is 7.36. The average Bonchev–Trinajstić information content (AvgIpc) is 3.32. The van der Waals surface area contributed by atoms with E-state index in [0.717, 1.165) is 41.0 Å². The van der Waals surface area contributed by atoms with E-state index in [1.807, 2.05) is 73.7 Å². The third kappa shape index (κ3) is 3.09. The maximum absolute atomic E-state index is 13.1. The van der Waals surface area contributed by atoms with E-state index in [1.54, 1.807) is 4.68 Å². The Morgan fingerprint density at radius 2 is 1.86 bits per heavy atom. The summed E-state index contributed by atoms with van der Waals surface area (Å²) in [5, 5.41) is 8.80. The van der Waals surface area contributed by atoms with Gasteiger partial charge < -0.3 is 9.73 Å². The van der Waals surface area contributed by atoms with Crippen molar-refractivity contribution >= 4 is 16.9 Å². The molecule has 2 aromatic heterocycles. The monoisotopic (exact) mass is 371 g/mol. The predicted molar refractivity (Wildman–Crippen MR) is 108 cm³/mol. The van der Waals surface area contributed by atoms with Crippen molar-refractivity contribution in [3.05, 3.63) is 83.9 Å². The maximum Gasteiger partial charge on any atom is 0.270 e. The number of carbonyl (C=O) groups excluding carboxylic acids is 1. The van der Waals surface area contributed by atoms with Crippen molar-refractivity contribution in [2.75, 3.05) is 0 Å². The van der Waals surface area contributed by atoms with Gasteiger partial charge in [-0.3, -0.25) is 4.79 Å². The fourth-order valence-corrected chi connectivity index (χ4v) is 3.46. The van der Waals surface area contributed by atoms with Crippen molar-refractivity contribution in [3.8, 4) is 5.69 Å². The lowest BCUT2D eigenvalue weighted by Gasteiger charge is -2.12. The summed E-state index contributed by atoms with van der Waals surface area (Å²) in [6.45, 7) is 1.93. The van der Waals surface area contributed by atoms with Crippen LogP contribution in [0.15, 0.2) is 71.1 Å². The van der Waals surface area contributed by atoms with E-state index in [9.17, 15) is 4.79 Å². The number of carbonyl (C=O) groups is 1. The summed E-state index contributed by atoms with van der Waals surface area (Å²) in [7, 11) is 0. The Bertz CT molecular complexity index is 1110. The van der Waals surface area contributed by atoms with Crippen LogP contribution in [0.5, 0.6) is 0 Å². The molecule has 0 unspecified atom stereocenters. The Hall–Kier alpha value is -3.34. The zero-order valence-corrected chi connectivity index (χ0v) is 15.6. The third-order valence-corrected chi connectivity index (χ3v) is 5.18. The van der Waals surface area contributed by atoms with Crippen molar-refractivity contribution in [1.82, 2.24) is 15.1 Å². The van der Waals surface area contributed by atoms with Crippen molar-refractivity contribution in [2.45, 2.75) is 31.7 Å². The summed E-state index contributed by atoms with van der Waals surface area (Å²) in [4.78, 5) is 13.1. The molecular weight excluding hydrogens is 350 g/mol. The fraction of sp³-hybridized carbons (Fsp3) is 0.217. The Balaban J connectivity index is 1.44. The van der Waals surface area contributed by atoms with Crippen LogP contribution in [0, 0.1) is 0 Å². The number of hydrogen-bond acceptors (Lipinski definition) is 3. The van der Waals surface area contributed by atoms with Gasteiger partial charge >= 0.3 is 0 Å². The van der Waals surface area contributed by atoms with Crippen LogP contribution in [0.2, 0.25) is 0 Å². The highest BCUT2D eigenvalue weighted by molar-refractivity contribution is 5.93. The van der Waals surface area contributed by atoms with E-state index in [4.69, 9.17) is 9.52 Å². The Labute approximate surface area is 163 Å². The lowest BCUT2D eigenvalue weighted by Crippen LogP contribution is -2.28. The number of furan rings is 1. The van der Waals surface area contributed by atoms with E-state index in [1.165, 1.54) is 0 Å². The highest BCUT2D eigenvalue weighted by atomic mass is 16.3. The topological polar surface area (TPSA) is 60.1 Å². The quantitative estimate of drug-likeness (QED) is 0.538. The van der Waals surface area contributed by atoms with Crippen molar-refractivity contribution in [3.63, 3.8) is 0 Å². The van der Waals surface area contributed by atoms with Gasteiger partial charge in [-0.2, -0.15) is 5.10 Å². The molecule has 2 heterocycles. The van der Waals surface area contributed by atoms with Crippen LogP contribution in [0.1, 0.15) is 53.7 Å². The first-order chi connectivity index (χ1) is 13.7. The Kier molecular flexibility index (Phi) is 4.01. The smallest absolute Gasteiger partial charge is 0.270 e. The largest absolute Gasteiger partial charge is 0.459 e. The summed E-state index contributed by atoms with van der Waals surface area (Å²) in [6.07, 6.45) is 2.28. The van der Waals surface area contributed by atoms with Crippen LogP contribution in [0.4, 0.5) is 0 Å². The first kappa shape index (κ1) is 16.8. The number of hydrogen-bond donors (Lipinski definition) is 1. The van der Waals surface area contributed by atoms with E-state index >= 15 is 0 Å². The SMILES string of the molecule is C[C@H](NC(=O)c1cc(C2CC2)nn1-c1ccccc1)c1cc2ccccc2o1. The van der Waals surface area contributed by atoms with E-state index in [2.05, 4.69) is 5.32 Å². The molecule has 1 aliphatic rings. The van der Waals surface area contributed by atoms with Crippen LogP contribution in [-0.2, 0) is 0 Å². The van der Waals surface area contributed by atoms with Gasteiger partial charge in [-0.1, -0.05) is 36.4 Å². The lowest BCUT2D eigenvalue weighted by molar-refractivity contribution is 0.0928. The Morgan fingerprint density at radius 3 is 2.61 bits per heavy atom. The number of fused-ring (bicyclic) bond motifs is 1. The molecule has 0 aliphatic heterocycles. The number of nitrogens with zero attached hydrogens (tertiary/aromatic N) is 2. The van der Waals surface area contributed by atoms with Gasteiger partial charge in [-0.15, -0.1) is 0 Å². The molecule has 4 aromatic rings. The molecule has 28 heavy (non-hydrogen) atoms. The van der Waals surface area contributed by atoms with Gasteiger partial charge in [0.05, 0.1) is 17.4 Å². The standard InChI is InChI=1S/C23H21N3O2/c1-15(22-13-17-7-5-6-10-21(17)28-22)24-23(27)20-14-19(16-11-12-16)25-26(20)18-8-3-2-4-9-18/h2-10,13-16H,11-12H2,1H3,(H,24,27)/t15-/m0/s1. The van der Waals surface area contributed by atoms with Gasteiger partial charge in [0.1, 0.15) is 17.0 Å². The van der Waals surface area contributed by atoms with Gasteiger partial charge in [-0.25, -0.2) is 4.68 Å². The zero-order chi connectivity index (χ0) is 19.1. The summed E-state index contributed by atoms with van der Waals surface area (Å²) in [5.41, 5.74) is 3.25. The van der Waals surface area contributed by atoms with E-state index in [-0.39, 0.29) is 11.9 Å². The van der Waals surface area contributed by atoms with Crippen molar-refractivity contribution in [1.29, 1.82) is 0 Å². The average molecular weight is 371 g/mol. The van der Waals surface area contributed by atoms with E-state index < -0.39 is 0 Å². The molecule has 0 radical (unpaired) electrons. The zero-order valence-electron chi connectivity index (χ0n) is 15.6. The number of rotatable bonds is 5. The molecule has 140 valence electrons. The minimum Gasteiger partial charge on any atom is -0.459 e. The van der Waals surface area contributed by atoms with Crippen LogP contribution in [-0.4, -0.2) is 15.7 Å². The molecule has 5 rings (SSSR count). The fourth-order valence-electron chi connectivity index (χ4n) is 3.46. The van der Waals surface area contributed by atoms with Gasteiger partial charge in [0, 0.05) is 11.3 Å². The normalized spacial score (nSPS) is 14.9. The van der Waals surface area contributed by atoms with Crippen molar-refractivity contribution in [2.24, 2.45) is 0 Å². The van der Waals surface area contributed by atoms with E-state index in [0.29, 0.717) is 11.6 Å². The number of amides is 1. The molecule has 1 atom stereocenters. The number of para-hydroxylation sites is 2. The summed E-state index contributed by atoms with van der Waals surface area (Å²) >= 11 is 0. The minimum absolute atomic E-state index is 0.156. The summed E-state index contributed by atoms with van der Waals surface area (Å²) < 4.78 is 7.64. The minimum atomic E-state index is -0.247. The second-order valence-corrected chi connectivity index (χ2v) is 7.36. The number of benzene rings is 2. The molecule has 1 fully saturated rings. The first-order valence-electron chi connectivity index (χ1n) is 9.64. The van der Waals surface area contributed by atoms with Gasteiger partial charge in [0.15, 0.2) is 0 Å². The molecular formula is C23H21N3O2. The lowest BCUT2D eigenvalue weighted by atomic mass is 10.2. The highest BCUT2D eigenvalue weighted by Crippen LogP contribution is 2.39. The van der Waals surface area contributed by atoms with Crippen LogP contribution in [0.3, 0.4) is 0 Å². The number of nitrogens with one attached hydrogen (secondary N) is 1. The molecule has 0 spiro atoms. The van der Waals surface area contributed by atoms with Gasteiger partial charge in [-0.05, 0) is 50.1 Å². The molecule has 0 saturated heterocycles. The molecule has 0 bridgehead atoms. The molecule has 5 heteroatoms. The highest BCUT2D eigenvalue weighted by Gasteiger charge is 2.29. The summed E-state index contributed by atoms with van der Waals surface area (Å²) in [5.74, 6) is 1.06. The number of aromatic nitrogens is 2. The molecule has 1 aliphatic carbocycles. The molecule has 1 N–H and O–H groups in total. The molecule has 1 saturated carbocycles. The molecule has 2 aromatic carbocycles. The molecule has 1 amide bonds. The van der Waals surface area contributed by atoms with Gasteiger partial charge in [0.2, 0.25) is 0 Å². The predicted octanol–water partition coefficient (Wildman–Crippen LogP) is 4.99.